The minimum atomic E-state index is -2.34. The quantitative estimate of drug-likeness (QED) is 0.843. The van der Waals surface area contributed by atoms with Crippen LogP contribution in [0.25, 0.3) is 0 Å². The molecule has 0 bridgehead atoms. The average Bonchev–Trinajstić information content (AvgIpc) is 2.31. The van der Waals surface area contributed by atoms with Crippen molar-refractivity contribution in [3.63, 3.8) is 0 Å². The van der Waals surface area contributed by atoms with Crippen molar-refractivity contribution in [2.75, 3.05) is 6.54 Å². The summed E-state index contributed by atoms with van der Waals surface area (Å²) in [6, 6.07) is 0. The third-order valence-corrected chi connectivity index (χ3v) is 2.34. The second kappa shape index (κ2) is 4.70. The highest BCUT2D eigenvalue weighted by Crippen LogP contribution is 2.18. The van der Waals surface area contributed by atoms with Gasteiger partial charge in [0.15, 0.2) is 0 Å². The molecular formula is C8H12ClF2N3. The lowest BCUT2D eigenvalue weighted by atomic mass is 10.3. The van der Waals surface area contributed by atoms with E-state index in [9.17, 15) is 8.78 Å². The Hall–Kier alpha value is -0.680. The second-order valence-electron chi connectivity index (χ2n) is 2.99. The molecule has 1 heterocycles. The maximum Gasteiger partial charge on any atom is 0.250 e. The van der Waals surface area contributed by atoms with E-state index in [2.05, 4.69) is 10.4 Å². The predicted molar refractivity (Wildman–Crippen MR) is 50.7 cm³/mol. The van der Waals surface area contributed by atoms with Crippen LogP contribution in [0, 0.1) is 6.92 Å². The molecule has 0 aliphatic carbocycles. The number of hydrogen-bond donors (Lipinski definition) is 1. The molecule has 0 spiro atoms. The summed E-state index contributed by atoms with van der Waals surface area (Å²) >= 11 is 5.92. The van der Waals surface area contributed by atoms with Gasteiger partial charge in [0.1, 0.15) is 0 Å². The molecule has 6 heteroatoms. The van der Waals surface area contributed by atoms with Gasteiger partial charge in [0.2, 0.25) is 0 Å². The number of nitrogens with zero attached hydrogens (tertiary/aromatic N) is 2. The Morgan fingerprint density at radius 1 is 1.57 bits per heavy atom. The van der Waals surface area contributed by atoms with Crippen LogP contribution in [0.2, 0.25) is 5.02 Å². The standard InChI is InChI=1S/C8H12ClF2N3/c1-5-8(9)6(14(2)13-5)3-12-4-7(10)11/h7,12H,3-4H2,1-2H3. The van der Waals surface area contributed by atoms with E-state index in [1.807, 2.05) is 0 Å². The van der Waals surface area contributed by atoms with Gasteiger partial charge in [-0.05, 0) is 6.92 Å². The number of aromatic nitrogens is 2. The van der Waals surface area contributed by atoms with Gasteiger partial charge in [0.05, 0.1) is 23.0 Å². The molecule has 1 aromatic heterocycles. The average molecular weight is 224 g/mol. The van der Waals surface area contributed by atoms with Crippen LogP contribution in [-0.4, -0.2) is 22.8 Å². The van der Waals surface area contributed by atoms with Gasteiger partial charge < -0.3 is 5.32 Å². The fourth-order valence-corrected chi connectivity index (χ4v) is 1.40. The number of aryl methyl sites for hydroxylation is 2. The van der Waals surface area contributed by atoms with Crippen molar-refractivity contribution in [2.24, 2.45) is 7.05 Å². The van der Waals surface area contributed by atoms with Crippen LogP contribution in [-0.2, 0) is 13.6 Å². The highest BCUT2D eigenvalue weighted by atomic mass is 35.5. The minimum Gasteiger partial charge on any atom is -0.306 e. The maximum absolute atomic E-state index is 11.8. The van der Waals surface area contributed by atoms with Crippen molar-refractivity contribution >= 4 is 11.6 Å². The fourth-order valence-electron chi connectivity index (χ4n) is 1.17. The Balaban J connectivity index is 2.58. The first-order chi connectivity index (χ1) is 6.52. The van der Waals surface area contributed by atoms with Crippen LogP contribution in [0.15, 0.2) is 0 Å². The van der Waals surface area contributed by atoms with E-state index in [1.165, 1.54) is 0 Å². The largest absolute Gasteiger partial charge is 0.306 e. The normalized spacial score (nSPS) is 11.3. The number of rotatable bonds is 4. The van der Waals surface area contributed by atoms with Crippen LogP contribution >= 0.6 is 11.6 Å². The van der Waals surface area contributed by atoms with Crippen molar-refractivity contribution < 1.29 is 8.78 Å². The molecule has 1 rings (SSSR count). The topological polar surface area (TPSA) is 29.9 Å². The predicted octanol–water partition coefficient (Wildman–Crippen LogP) is 1.74. The lowest BCUT2D eigenvalue weighted by Crippen LogP contribution is -2.22. The van der Waals surface area contributed by atoms with Gasteiger partial charge in [0, 0.05) is 13.6 Å². The fraction of sp³-hybridized carbons (Fsp3) is 0.625. The summed E-state index contributed by atoms with van der Waals surface area (Å²) in [5.41, 5.74) is 1.44. The summed E-state index contributed by atoms with van der Waals surface area (Å²) in [5, 5.41) is 7.20. The van der Waals surface area contributed by atoms with Crippen molar-refractivity contribution in [3.05, 3.63) is 16.4 Å². The SMILES string of the molecule is Cc1nn(C)c(CNCC(F)F)c1Cl. The molecule has 0 fully saturated rings. The minimum absolute atomic E-state index is 0.306. The number of alkyl halides is 2. The zero-order valence-electron chi connectivity index (χ0n) is 8.02. The Bertz CT molecular complexity index is 312. The molecule has 80 valence electrons. The zero-order valence-corrected chi connectivity index (χ0v) is 8.78. The van der Waals surface area contributed by atoms with Gasteiger partial charge in [0.25, 0.3) is 6.43 Å². The third-order valence-electron chi connectivity index (χ3n) is 1.85. The van der Waals surface area contributed by atoms with Gasteiger partial charge in [-0.25, -0.2) is 8.78 Å². The monoisotopic (exact) mass is 223 g/mol. The first-order valence-corrected chi connectivity index (χ1v) is 4.57. The van der Waals surface area contributed by atoms with E-state index >= 15 is 0 Å². The van der Waals surface area contributed by atoms with Crippen LogP contribution in [0.5, 0.6) is 0 Å². The molecule has 0 amide bonds. The molecule has 1 aromatic rings. The van der Waals surface area contributed by atoms with E-state index in [4.69, 9.17) is 11.6 Å². The molecule has 3 nitrogen and oxygen atoms in total. The van der Waals surface area contributed by atoms with E-state index in [0.717, 1.165) is 5.69 Å². The number of nitrogens with one attached hydrogen (secondary N) is 1. The summed E-state index contributed by atoms with van der Waals surface area (Å²) in [6.07, 6.45) is -2.34. The van der Waals surface area contributed by atoms with E-state index < -0.39 is 6.43 Å². The zero-order chi connectivity index (χ0) is 10.7. The summed E-state index contributed by atoms with van der Waals surface area (Å²) in [7, 11) is 1.73. The van der Waals surface area contributed by atoms with E-state index in [-0.39, 0.29) is 6.54 Å². The molecule has 14 heavy (non-hydrogen) atoms. The molecule has 0 aliphatic rings. The van der Waals surface area contributed by atoms with E-state index in [1.54, 1.807) is 18.7 Å². The highest BCUT2D eigenvalue weighted by Gasteiger charge is 2.11. The molecule has 0 unspecified atom stereocenters. The van der Waals surface area contributed by atoms with Gasteiger partial charge in [-0.1, -0.05) is 11.6 Å². The lowest BCUT2D eigenvalue weighted by molar-refractivity contribution is 0.145. The highest BCUT2D eigenvalue weighted by molar-refractivity contribution is 6.31. The van der Waals surface area contributed by atoms with Crippen LogP contribution in [0.1, 0.15) is 11.4 Å². The van der Waals surface area contributed by atoms with Crippen molar-refractivity contribution in [3.8, 4) is 0 Å². The molecule has 0 aromatic carbocycles. The van der Waals surface area contributed by atoms with Gasteiger partial charge in [-0.3, -0.25) is 4.68 Å². The first kappa shape index (κ1) is 11.4. The Labute approximate surface area is 86.0 Å². The van der Waals surface area contributed by atoms with Gasteiger partial charge in [-0.15, -0.1) is 0 Å². The molecule has 0 saturated carbocycles. The molecular weight excluding hydrogens is 212 g/mol. The van der Waals surface area contributed by atoms with Crippen LogP contribution in [0.3, 0.4) is 0 Å². The van der Waals surface area contributed by atoms with Crippen LogP contribution in [0.4, 0.5) is 8.78 Å². The maximum atomic E-state index is 11.8. The molecule has 1 N–H and O–H groups in total. The summed E-state index contributed by atoms with van der Waals surface area (Å²) < 4.78 is 25.2. The number of hydrogen-bond acceptors (Lipinski definition) is 2. The summed E-state index contributed by atoms with van der Waals surface area (Å²) in [6.45, 7) is 1.75. The molecule has 0 radical (unpaired) electrons. The van der Waals surface area contributed by atoms with Crippen LogP contribution < -0.4 is 5.32 Å². The third kappa shape index (κ3) is 2.65. The number of halogens is 3. The molecule has 0 saturated heterocycles. The lowest BCUT2D eigenvalue weighted by Gasteiger charge is -2.04. The molecule has 0 atom stereocenters. The Kier molecular flexibility index (Phi) is 3.83. The smallest absolute Gasteiger partial charge is 0.250 e. The van der Waals surface area contributed by atoms with Crippen molar-refractivity contribution in [2.45, 2.75) is 19.9 Å². The van der Waals surface area contributed by atoms with Crippen molar-refractivity contribution in [1.29, 1.82) is 0 Å². The molecule has 0 aliphatic heterocycles. The second-order valence-corrected chi connectivity index (χ2v) is 3.37. The summed E-state index contributed by atoms with van der Waals surface area (Å²) in [5.74, 6) is 0. The Morgan fingerprint density at radius 3 is 2.64 bits per heavy atom. The van der Waals surface area contributed by atoms with E-state index in [0.29, 0.717) is 17.3 Å². The van der Waals surface area contributed by atoms with Gasteiger partial charge in [-0.2, -0.15) is 5.10 Å². The summed E-state index contributed by atoms with van der Waals surface area (Å²) in [4.78, 5) is 0. The Morgan fingerprint density at radius 2 is 2.21 bits per heavy atom. The van der Waals surface area contributed by atoms with Crippen molar-refractivity contribution in [1.82, 2.24) is 15.1 Å². The van der Waals surface area contributed by atoms with Gasteiger partial charge >= 0.3 is 0 Å². The first-order valence-electron chi connectivity index (χ1n) is 4.19.